The van der Waals surface area contributed by atoms with Crippen LogP contribution in [0.1, 0.15) is 52.4 Å². The van der Waals surface area contributed by atoms with Crippen LogP contribution in [0, 0.1) is 0 Å². The van der Waals surface area contributed by atoms with Gasteiger partial charge < -0.3 is 0 Å². The van der Waals surface area contributed by atoms with Crippen molar-refractivity contribution < 1.29 is 9.09 Å². The smallest absolute Gasteiger partial charge is 0.146 e. The van der Waals surface area contributed by atoms with Crippen molar-refractivity contribution in [2.45, 2.75) is 52.4 Å². The molecule has 1 atom stereocenters. The highest BCUT2D eigenvalue weighted by Gasteiger charge is 2.15. The van der Waals surface area contributed by atoms with E-state index in [1.807, 2.05) is 0 Å². The molecule has 1 unspecified atom stereocenters. The van der Waals surface area contributed by atoms with E-state index < -0.39 is 8.03 Å². The Morgan fingerprint density at radius 2 is 1.69 bits per heavy atom. The molecule has 0 aromatic carbocycles. The molecule has 78 valence electrons. The molecule has 0 aliphatic heterocycles. The highest BCUT2D eigenvalue weighted by Crippen LogP contribution is 2.24. The Balaban J connectivity index is 3.11. The fourth-order valence-electron chi connectivity index (χ4n) is 1.04. The van der Waals surface area contributed by atoms with Crippen LogP contribution < -0.4 is 0 Å². The number of hydrogen-bond acceptors (Lipinski definition) is 2. The van der Waals surface area contributed by atoms with Gasteiger partial charge in [-0.3, -0.25) is 0 Å². The van der Waals surface area contributed by atoms with Gasteiger partial charge in [0.15, 0.2) is 6.16 Å². The lowest BCUT2D eigenvalue weighted by atomic mass is 10.2. The molecule has 0 amide bonds. The van der Waals surface area contributed by atoms with Crippen LogP contribution >= 0.6 is 8.03 Å². The maximum absolute atomic E-state index is 11.2. The Morgan fingerprint density at radius 1 is 1.00 bits per heavy atom. The molecule has 13 heavy (non-hydrogen) atoms. The molecule has 0 spiro atoms. The van der Waals surface area contributed by atoms with Gasteiger partial charge in [0.25, 0.3) is 0 Å². The van der Waals surface area contributed by atoms with E-state index in [1.54, 1.807) is 0 Å². The summed E-state index contributed by atoms with van der Waals surface area (Å²) < 4.78 is 16.4. The molecule has 0 aliphatic rings. The first-order valence-corrected chi connectivity index (χ1v) is 6.75. The molecule has 0 fully saturated rings. The normalized spacial score (nSPS) is 11.7. The molecule has 0 aromatic rings. The monoisotopic (exact) mass is 205 g/mol. The topological polar surface area (TPSA) is 26.3 Å². The lowest BCUT2D eigenvalue weighted by Crippen LogP contribution is -1.88. The van der Waals surface area contributed by atoms with E-state index in [2.05, 4.69) is 13.8 Å². The second-order valence-electron chi connectivity index (χ2n) is 3.30. The van der Waals surface area contributed by atoms with E-state index in [0.717, 1.165) is 25.4 Å². The highest BCUT2D eigenvalue weighted by atomic mass is 31.1. The molecular weight excluding hydrogens is 183 g/mol. The molecule has 0 rings (SSSR count). The molecular formula is C10H22O2P+. The zero-order valence-corrected chi connectivity index (χ0v) is 9.81. The lowest BCUT2D eigenvalue weighted by molar-refractivity contribution is 0.320. The van der Waals surface area contributed by atoms with Crippen molar-refractivity contribution in [2.75, 3.05) is 12.8 Å². The molecule has 0 heterocycles. The van der Waals surface area contributed by atoms with Crippen LogP contribution in [0.4, 0.5) is 0 Å². The molecule has 0 aliphatic carbocycles. The van der Waals surface area contributed by atoms with Gasteiger partial charge in [0.2, 0.25) is 0 Å². The fraction of sp³-hybridized carbons (Fsp3) is 1.00. The van der Waals surface area contributed by atoms with Crippen molar-refractivity contribution in [3.8, 4) is 0 Å². The van der Waals surface area contributed by atoms with Crippen LogP contribution in [0.3, 0.4) is 0 Å². The van der Waals surface area contributed by atoms with Gasteiger partial charge in [-0.25, -0.2) is 0 Å². The van der Waals surface area contributed by atoms with Gasteiger partial charge in [0.05, 0.1) is 0 Å². The van der Waals surface area contributed by atoms with Gasteiger partial charge in [-0.15, -0.1) is 4.52 Å². The second kappa shape index (κ2) is 10.1. The minimum atomic E-state index is -1.36. The molecule has 0 aromatic heterocycles. The quantitative estimate of drug-likeness (QED) is 0.418. The minimum Gasteiger partial charge on any atom is -0.146 e. The Labute approximate surface area is 82.9 Å². The van der Waals surface area contributed by atoms with Crippen LogP contribution in [0.15, 0.2) is 0 Å². The van der Waals surface area contributed by atoms with Crippen molar-refractivity contribution in [2.24, 2.45) is 0 Å². The van der Waals surface area contributed by atoms with Crippen molar-refractivity contribution in [3.63, 3.8) is 0 Å². The first-order valence-electron chi connectivity index (χ1n) is 5.38. The van der Waals surface area contributed by atoms with Gasteiger partial charge in [-0.05, 0) is 23.8 Å². The average Bonchev–Trinajstić information content (AvgIpc) is 2.13. The Hall–Kier alpha value is 0.0600. The van der Waals surface area contributed by atoms with Crippen LogP contribution in [0.5, 0.6) is 0 Å². The van der Waals surface area contributed by atoms with Gasteiger partial charge in [0, 0.05) is 0 Å². The third kappa shape index (κ3) is 9.98. The average molecular weight is 205 g/mol. The summed E-state index contributed by atoms with van der Waals surface area (Å²) in [5.74, 6) is 0. The lowest BCUT2D eigenvalue weighted by Gasteiger charge is -1.92. The zero-order chi connectivity index (χ0) is 9.94. The molecule has 3 heteroatoms. The Morgan fingerprint density at radius 3 is 2.31 bits per heavy atom. The van der Waals surface area contributed by atoms with E-state index in [4.69, 9.17) is 4.52 Å². The number of unbranched alkanes of at least 4 members (excludes halogenated alkanes) is 4. The van der Waals surface area contributed by atoms with Crippen LogP contribution in [-0.4, -0.2) is 12.8 Å². The van der Waals surface area contributed by atoms with Gasteiger partial charge in [-0.2, -0.15) is 0 Å². The highest BCUT2D eigenvalue weighted by molar-refractivity contribution is 7.39. The van der Waals surface area contributed by atoms with Crippen molar-refractivity contribution in [1.29, 1.82) is 0 Å². The van der Waals surface area contributed by atoms with E-state index in [1.165, 1.54) is 19.3 Å². The number of rotatable bonds is 9. The fourth-order valence-corrected chi connectivity index (χ4v) is 1.99. The van der Waals surface area contributed by atoms with E-state index >= 15 is 0 Å². The molecule has 0 radical (unpaired) electrons. The first kappa shape index (κ1) is 13.1. The van der Waals surface area contributed by atoms with Gasteiger partial charge >= 0.3 is 8.03 Å². The van der Waals surface area contributed by atoms with Crippen LogP contribution in [0.2, 0.25) is 0 Å². The SMILES string of the molecule is CCCCCC[P+](=O)OCCCC. The third-order valence-electron chi connectivity index (χ3n) is 1.93. The standard InChI is InChI=1S/C10H22O2P/c1-3-5-7-8-10-13(11)12-9-6-4-2/h3-10H2,1-2H3/q+1. The molecule has 0 saturated heterocycles. The van der Waals surface area contributed by atoms with Crippen LogP contribution in [-0.2, 0) is 9.09 Å². The molecule has 0 N–H and O–H groups in total. The largest absolute Gasteiger partial charge is 0.508 e. The molecule has 0 saturated carbocycles. The Bertz CT molecular complexity index is 126. The van der Waals surface area contributed by atoms with Crippen molar-refractivity contribution in [1.82, 2.24) is 0 Å². The predicted molar refractivity (Wildman–Crippen MR) is 57.5 cm³/mol. The summed E-state index contributed by atoms with van der Waals surface area (Å²) in [6, 6.07) is 0. The summed E-state index contributed by atoms with van der Waals surface area (Å²) in [6.45, 7) is 4.95. The first-order chi connectivity index (χ1) is 6.31. The predicted octanol–water partition coefficient (Wildman–Crippen LogP) is 4.13. The summed E-state index contributed by atoms with van der Waals surface area (Å²) in [5, 5.41) is 0. The van der Waals surface area contributed by atoms with E-state index in [9.17, 15) is 4.57 Å². The minimum absolute atomic E-state index is 0.666. The van der Waals surface area contributed by atoms with Crippen molar-refractivity contribution in [3.05, 3.63) is 0 Å². The summed E-state index contributed by atoms with van der Waals surface area (Å²) in [4.78, 5) is 0. The maximum atomic E-state index is 11.2. The number of hydrogen-bond donors (Lipinski definition) is 0. The van der Waals surface area contributed by atoms with Gasteiger partial charge in [0.1, 0.15) is 6.61 Å². The molecule has 2 nitrogen and oxygen atoms in total. The van der Waals surface area contributed by atoms with E-state index in [-0.39, 0.29) is 0 Å². The van der Waals surface area contributed by atoms with Gasteiger partial charge in [-0.1, -0.05) is 33.1 Å². The molecule has 0 bridgehead atoms. The summed E-state index contributed by atoms with van der Waals surface area (Å²) in [7, 11) is -1.36. The maximum Gasteiger partial charge on any atom is 0.508 e. The second-order valence-corrected chi connectivity index (χ2v) is 4.67. The summed E-state index contributed by atoms with van der Waals surface area (Å²) in [5.41, 5.74) is 0. The van der Waals surface area contributed by atoms with E-state index in [0.29, 0.717) is 6.61 Å². The van der Waals surface area contributed by atoms with Crippen LogP contribution in [0.25, 0.3) is 0 Å². The Kier molecular flexibility index (Phi) is 10.2. The zero-order valence-electron chi connectivity index (χ0n) is 8.92. The summed E-state index contributed by atoms with van der Waals surface area (Å²) in [6.07, 6.45) is 7.60. The third-order valence-corrected chi connectivity index (χ3v) is 3.08. The summed E-state index contributed by atoms with van der Waals surface area (Å²) >= 11 is 0. The van der Waals surface area contributed by atoms with Crippen molar-refractivity contribution >= 4 is 8.03 Å².